The second-order valence-corrected chi connectivity index (χ2v) is 4.08. The zero-order valence-electron chi connectivity index (χ0n) is 10.2. The quantitative estimate of drug-likeness (QED) is 0.918. The number of nitrogens with one attached hydrogen (secondary N) is 1. The van der Waals surface area contributed by atoms with Crippen molar-refractivity contribution in [3.05, 3.63) is 59.3 Å². The highest BCUT2D eigenvalue weighted by Crippen LogP contribution is 2.21. The van der Waals surface area contributed by atoms with Crippen molar-refractivity contribution in [2.75, 3.05) is 5.32 Å². The van der Waals surface area contributed by atoms with Crippen LogP contribution in [-0.2, 0) is 0 Å². The van der Waals surface area contributed by atoms with E-state index >= 15 is 0 Å². The number of aromatic nitrogens is 1. The number of nitrogens with zero attached hydrogens (tertiary/aromatic N) is 2. The van der Waals surface area contributed by atoms with Crippen LogP contribution < -0.4 is 5.32 Å². The first-order valence-electron chi connectivity index (χ1n) is 5.68. The summed E-state index contributed by atoms with van der Waals surface area (Å²) in [4.78, 5) is 4.03. The Morgan fingerprint density at radius 3 is 2.63 bits per heavy atom. The molecule has 0 spiro atoms. The first-order valence-corrected chi connectivity index (χ1v) is 5.68. The molecular formula is C14H11F2N3. The molecule has 0 fully saturated rings. The van der Waals surface area contributed by atoms with Crippen LogP contribution in [0.3, 0.4) is 0 Å². The van der Waals surface area contributed by atoms with Crippen LogP contribution >= 0.6 is 0 Å². The molecular weight excluding hydrogens is 248 g/mol. The fourth-order valence-electron chi connectivity index (χ4n) is 1.70. The molecule has 0 bridgehead atoms. The lowest BCUT2D eigenvalue weighted by molar-refractivity contribution is 0.566. The molecule has 1 N–H and O–H groups in total. The maximum atomic E-state index is 13.6. The Labute approximate surface area is 109 Å². The van der Waals surface area contributed by atoms with Crippen LogP contribution in [0, 0.1) is 23.0 Å². The Balaban J connectivity index is 2.16. The second-order valence-electron chi connectivity index (χ2n) is 4.08. The van der Waals surface area contributed by atoms with Gasteiger partial charge in [0.1, 0.15) is 23.5 Å². The number of anilines is 1. The predicted molar refractivity (Wildman–Crippen MR) is 67.3 cm³/mol. The number of halogens is 2. The summed E-state index contributed by atoms with van der Waals surface area (Å²) in [6, 6.07) is 8.30. The van der Waals surface area contributed by atoms with Gasteiger partial charge in [-0.3, -0.25) is 0 Å². The molecule has 0 aliphatic heterocycles. The lowest BCUT2D eigenvalue weighted by Crippen LogP contribution is -2.09. The molecule has 2 aromatic rings. The molecule has 0 saturated heterocycles. The molecule has 1 heterocycles. The molecule has 0 aliphatic carbocycles. The number of nitriles is 1. The molecule has 1 aromatic heterocycles. The lowest BCUT2D eigenvalue weighted by Gasteiger charge is -2.15. The van der Waals surface area contributed by atoms with Gasteiger partial charge in [0.05, 0.1) is 11.6 Å². The molecule has 0 amide bonds. The summed E-state index contributed by atoms with van der Waals surface area (Å²) in [5, 5.41) is 11.6. The molecule has 1 unspecified atom stereocenters. The first kappa shape index (κ1) is 13.0. The molecule has 1 atom stereocenters. The van der Waals surface area contributed by atoms with Crippen LogP contribution in [0.2, 0.25) is 0 Å². The van der Waals surface area contributed by atoms with Crippen molar-refractivity contribution in [1.29, 1.82) is 5.26 Å². The normalized spacial score (nSPS) is 11.7. The van der Waals surface area contributed by atoms with E-state index in [0.29, 0.717) is 16.9 Å². The van der Waals surface area contributed by atoms with Gasteiger partial charge in [-0.2, -0.15) is 5.26 Å². The standard InChI is InChI=1S/C14H11F2N3/c1-9(12-4-3-11(15)6-13(12)16)19-14-5-2-10(7-17)8-18-14/h2-6,8-9H,1H3,(H,18,19). The summed E-state index contributed by atoms with van der Waals surface area (Å²) in [6.45, 7) is 1.75. The number of hydrogen-bond donors (Lipinski definition) is 1. The van der Waals surface area contributed by atoms with Crippen molar-refractivity contribution >= 4 is 5.82 Å². The van der Waals surface area contributed by atoms with Crippen LogP contribution in [-0.4, -0.2) is 4.98 Å². The van der Waals surface area contributed by atoms with Crippen molar-refractivity contribution in [3.63, 3.8) is 0 Å². The fourth-order valence-corrected chi connectivity index (χ4v) is 1.70. The van der Waals surface area contributed by atoms with Gasteiger partial charge in [0.25, 0.3) is 0 Å². The minimum atomic E-state index is -0.607. The summed E-state index contributed by atoms with van der Waals surface area (Å²) in [6.07, 6.45) is 1.43. The van der Waals surface area contributed by atoms with E-state index in [1.54, 1.807) is 19.1 Å². The zero-order chi connectivity index (χ0) is 13.8. The van der Waals surface area contributed by atoms with Gasteiger partial charge in [-0.1, -0.05) is 6.07 Å². The molecule has 96 valence electrons. The van der Waals surface area contributed by atoms with Gasteiger partial charge in [0.15, 0.2) is 0 Å². The third kappa shape index (κ3) is 3.05. The summed E-state index contributed by atoms with van der Waals surface area (Å²) < 4.78 is 26.4. The first-order chi connectivity index (χ1) is 9.10. The van der Waals surface area contributed by atoms with Crippen molar-refractivity contribution in [1.82, 2.24) is 4.98 Å². The Hall–Kier alpha value is -2.48. The molecule has 5 heteroatoms. The van der Waals surface area contributed by atoms with Crippen LogP contribution in [0.4, 0.5) is 14.6 Å². The van der Waals surface area contributed by atoms with Gasteiger partial charge in [-0.05, 0) is 25.1 Å². The fraction of sp³-hybridized carbons (Fsp3) is 0.143. The molecule has 2 rings (SSSR count). The van der Waals surface area contributed by atoms with E-state index in [1.807, 2.05) is 6.07 Å². The maximum Gasteiger partial charge on any atom is 0.131 e. The highest BCUT2D eigenvalue weighted by molar-refractivity contribution is 5.41. The van der Waals surface area contributed by atoms with Gasteiger partial charge in [-0.15, -0.1) is 0 Å². The highest BCUT2D eigenvalue weighted by atomic mass is 19.1. The van der Waals surface area contributed by atoms with Crippen LogP contribution in [0.25, 0.3) is 0 Å². The Morgan fingerprint density at radius 2 is 2.05 bits per heavy atom. The third-order valence-electron chi connectivity index (χ3n) is 2.69. The minimum absolute atomic E-state index is 0.354. The van der Waals surface area contributed by atoms with Crippen LogP contribution in [0.15, 0.2) is 36.5 Å². The lowest BCUT2D eigenvalue weighted by atomic mass is 10.1. The number of hydrogen-bond acceptors (Lipinski definition) is 3. The molecule has 0 aliphatic rings. The van der Waals surface area contributed by atoms with Crippen LogP contribution in [0.5, 0.6) is 0 Å². The summed E-state index contributed by atoms with van der Waals surface area (Å²) in [5.74, 6) is -0.686. The van der Waals surface area contributed by atoms with E-state index in [9.17, 15) is 8.78 Å². The smallest absolute Gasteiger partial charge is 0.131 e. The van der Waals surface area contributed by atoms with E-state index < -0.39 is 11.6 Å². The van der Waals surface area contributed by atoms with Crippen molar-refractivity contribution < 1.29 is 8.78 Å². The predicted octanol–water partition coefficient (Wildman–Crippen LogP) is 3.40. The number of pyridine rings is 1. The van der Waals surface area contributed by atoms with E-state index in [-0.39, 0.29) is 6.04 Å². The SMILES string of the molecule is CC(Nc1ccc(C#N)cn1)c1ccc(F)cc1F. The van der Waals surface area contributed by atoms with E-state index in [4.69, 9.17) is 5.26 Å². The zero-order valence-corrected chi connectivity index (χ0v) is 10.2. The maximum absolute atomic E-state index is 13.6. The van der Waals surface area contributed by atoms with Crippen molar-refractivity contribution in [2.24, 2.45) is 0 Å². The minimum Gasteiger partial charge on any atom is -0.363 e. The average molecular weight is 259 g/mol. The summed E-state index contributed by atoms with van der Waals surface area (Å²) in [7, 11) is 0. The topological polar surface area (TPSA) is 48.7 Å². The Morgan fingerprint density at radius 1 is 1.26 bits per heavy atom. The van der Waals surface area contributed by atoms with E-state index in [0.717, 1.165) is 6.07 Å². The molecule has 1 aromatic carbocycles. The molecule has 3 nitrogen and oxygen atoms in total. The number of rotatable bonds is 3. The van der Waals surface area contributed by atoms with Crippen molar-refractivity contribution in [2.45, 2.75) is 13.0 Å². The van der Waals surface area contributed by atoms with Crippen LogP contribution in [0.1, 0.15) is 24.1 Å². The molecule has 0 radical (unpaired) electrons. The van der Waals surface area contributed by atoms with Gasteiger partial charge in [-0.25, -0.2) is 13.8 Å². The highest BCUT2D eigenvalue weighted by Gasteiger charge is 2.12. The Kier molecular flexibility index (Phi) is 3.71. The summed E-state index contributed by atoms with van der Waals surface area (Å²) in [5.41, 5.74) is 0.804. The van der Waals surface area contributed by atoms with Gasteiger partial charge in [0.2, 0.25) is 0 Å². The van der Waals surface area contributed by atoms with E-state index in [2.05, 4.69) is 10.3 Å². The van der Waals surface area contributed by atoms with Gasteiger partial charge >= 0.3 is 0 Å². The number of benzene rings is 1. The van der Waals surface area contributed by atoms with Gasteiger partial charge < -0.3 is 5.32 Å². The third-order valence-corrected chi connectivity index (χ3v) is 2.69. The van der Waals surface area contributed by atoms with Gasteiger partial charge in [0, 0.05) is 17.8 Å². The Bertz CT molecular complexity index is 618. The average Bonchev–Trinajstić information content (AvgIpc) is 2.39. The summed E-state index contributed by atoms with van der Waals surface area (Å²) >= 11 is 0. The van der Waals surface area contributed by atoms with Crippen molar-refractivity contribution in [3.8, 4) is 6.07 Å². The monoisotopic (exact) mass is 259 g/mol. The van der Waals surface area contributed by atoms with E-state index in [1.165, 1.54) is 18.3 Å². The second kappa shape index (κ2) is 5.44. The molecule has 0 saturated carbocycles. The molecule has 19 heavy (non-hydrogen) atoms. The largest absolute Gasteiger partial charge is 0.363 e.